The number of ether oxygens (including phenoxy) is 1. The van der Waals surface area contributed by atoms with Crippen LogP contribution in [0, 0.1) is 5.92 Å². The van der Waals surface area contributed by atoms with E-state index in [-0.39, 0.29) is 0 Å². The number of carbonyl (C=O) groups is 1. The molecule has 0 aromatic rings. The number of Topliss-reactive ketones (excluding diaryl/α,β-unsaturated/α-hetero) is 1. The standard InChI is InChI=1S/C12H23NO2/c1-4-12(14)9-13(7-8-15-3)10(2)11-5-6-11/h10-11H,4-9H2,1-3H3. The molecule has 3 heteroatoms. The molecule has 1 atom stereocenters. The lowest BCUT2D eigenvalue weighted by Crippen LogP contribution is -2.40. The van der Waals surface area contributed by atoms with Crippen LogP contribution in [0.15, 0.2) is 0 Å². The van der Waals surface area contributed by atoms with Gasteiger partial charge in [-0.2, -0.15) is 0 Å². The van der Waals surface area contributed by atoms with Gasteiger partial charge in [0, 0.05) is 26.1 Å². The normalized spacial score (nSPS) is 18.1. The molecule has 3 nitrogen and oxygen atoms in total. The van der Waals surface area contributed by atoms with E-state index in [0.29, 0.717) is 31.4 Å². The van der Waals surface area contributed by atoms with Crippen LogP contribution in [-0.4, -0.2) is 43.5 Å². The number of hydrogen-bond donors (Lipinski definition) is 0. The third-order valence-corrected chi connectivity index (χ3v) is 3.24. The quantitative estimate of drug-likeness (QED) is 0.615. The van der Waals surface area contributed by atoms with Crippen LogP contribution < -0.4 is 0 Å². The molecule has 0 heterocycles. The Morgan fingerprint density at radius 2 is 2.20 bits per heavy atom. The average molecular weight is 213 g/mol. The highest BCUT2D eigenvalue weighted by molar-refractivity contribution is 5.80. The Bertz CT molecular complexity index is 202. The van der Waals surface area contributed by atoms with Crippen LogP contribution in [0.25, 0.3) is 0 Å². The molecule has 0 aromatic carbocycles. The van der Waals surface area contributed by atoms with Crippen LogP contribution in [0.2, 0.25) is 0 Å². The maximum atomic E-state index is 11.5. The second-order valence-corrected chi connectivity index (χ2v) is 4.43. The zero-order valence-electron chi connectivity index (χ0n) is 10.2. The second kappa shape index (κ2) is 6.23. The lowest BCUT2D eigenvalue weighted by Gasteiger charge is -2.28. The molecular formula is C12H23NO2. The summed E-state index contributed by atoms with van der Waals surface area (Å²) in [6.45, 7) is 6.35. The fourth-order valence-corrected chi connectivity index (χ4v) is 1.85. The summed E-state index contributed by atoms with van der Waals surface area (Å²) in [7, 11) is 1.71. The monoisotopic (exact) mass is 213 g/mol. The summed E-state index contributed by atoms with van der Waals surface area (Å²) in [5, 5.41) is 0. The first kappa shape index (κ1) is 12.7. The minimum atomic E-state index is 0.332. The predicted molar refractivity (Wildman–Crippen MR) is 60.9 cm³/mol. The van der Waals surface area contributed by atoms with Crippen molar-refractivity contribution in [3.63, 3.8) is 0 Å². The smallest absolute Gasteiger partial charge is 0.146 e. The summed E-state index contributed by atoms with van der Waals surface area (Å²) in [5.74, 6) is 1.14. The van der Waals surface area contributed by atoms with Crippen molar-refractivity contribution < 1.29 is 9.53 Å². The summed E-state index contributed by atoms with van der Waals surface area (Å²) >= 11 is 0. The van der Waals surface area contributed by atoms with E-state index in [1.165, 1.54) is 12.8 Å². The number of carbonyl (C=O) groups excluding carboxylic acids is 1. The highest BCUT2D eigenvalue weighted by Gasteiger charge is 2.32. The predicted octanol–water partition coefficient (Wildman–Crippen LogP) is 1.71. The number of methoxy groups -OCH3 is 1. The van der Waals surface area contributed by atoms with E-state index >= 15 is 0 Å². The van der Waals surface area contributed by atoms with E-state index in [0.717, 1.165) is 12.5 Å². The lowest BCUT2D eigenvalue weighted by atomic mass is 10.1. The van der Waals surface area contributed by atoms with Crippen molar-refractivity contribution in [2.24, 2.45) is 5.92 Å². The van der Waals surface area contributed by atoms with Crippen molar-refractivity contribution >= 4 is 5.78 Å². The molecule has 1 saturated carbocycles. The molecule has 0 amide bonds. The Labute approximate surface area is 92.8 Å². The Morgan fingerprint density at radius 1 is 1.53 bits per heavy atom. The Hall–Kier alpha value is -0.410. The first-order valence-corrected chi connectivity index (χ1v) is 5.93. The fraction of sp³-hybridized carbons (Fsp3) is 0.917. The summed E-state index contributed by atoms with van der Waals surface area (Å²) in [5.41, 5.74) is 0. The van der Waals surface area contributed by atoms with Crippen molar-refractivity contribution in [1.29, 1.82) is 0 Å². The minimum absolute atomic E-state index is 0.332. The van der Waals surface area contributed by atoms with Crippen LogP contribution in [-0.2, 0) is 9.53 Å². The topological polar surface area (TPSA) is 29.5 Å². The molecule has 0 spiro atoms. The maximum Gasteiger partial charge on any atom is 0.146 e. The van der Waals surface area contributed by atoms with E-state index in [2.05, 4.69) is 11.8 Å². The van der Waals surface area contributed by atoms with E-state index in [4.69, 9.17) is 4.74 Å². The highest BCUT2D eigenvalue weighted by Crippen LogP contribution is 2.34. The van der Waals surface area contributed by atoms with Gasteiger partial charge in [0.15, 0.2) is 0 Å². The SMILES string of the molecule is CCC(=O)CN(CCOC)C(C)C1CC1. The van der Waals surface area contributed by atoms with E-state index in [9.17, 15) is 4.79 Å². The van der Waals surface area contributed by atoms with Crippen molar-refractivity contribution in [3.05, 3.63) is 0 Å². The molecular weight excluding hydrogens is 190 g/mol. The number of nitrogens with zero attached hydrogens (tertiary/aromatic N) is 1. The van der Waals surface area contributed by atoms with Gasteiger partial charge in [-0.05, 0) is 25.7 Å². The number of hydrogen-bond acceptors (Lipinski definition) is 3. The van der Waals surface area contributed by atoms with Gasteiger partial charge in [-0.3, -0.25) is 9.69 Å². The zero-order chi connectivity index (χ0) is 11.3. The van der Waals surface area contributed by atoms with Gasteiger partial charge in [0.2, 0.25) is 0 Å². The third-order valence-electron chi connectivity index (χ3n) is 3.24. The summed E-state index contributed by atoms with van der Waals surface area (Å²) in [4.78, 5) is 13.7. The van der Waals surface area contributed by atoms with Crippen molar-refractivity contribution in [3.8, 4) is 0 Å². The minimum Gasteiger partial charge on any atom is -0.383 e. The third kappa shape index (κ3) is 4.31. The molecule has 0 aliphatic heterocycles. The van der Waals surface area contributed by atoms with Gasteiger partial charge >= 0.3 is 0 Å². The Morgan fingerprint density at radius 3 is 2.67 bits per heavy atom. The first-order chi connectivity index (χ1) is 7.19. The van der Waals surface area contributed by atoms with Crippen LogP contribution in [0.1, 0.15) is 33.1 Å². The van der Waals surface area contributed by atoms with Gasteiger partial charge in [-0.25, -0.2) is 0 Å². The lowest BCUT2D eigenvalue weighted by molar-refractivity contribution is -0.120. The van der Waals surface area contributed by atoms with E-state index in [1.807, 2.05) is 6.92 Å². The molecule has 0 aromatic heterocycles. The van der Waals surface area contributed by atoms with Gasteiger partial charge in [0.25, 0.3) is 0 Å². The molecule has 15 heavy (non-hydrogen) atoms. The summed E-state index contributed by atoms with van der Waals surface area (Å²) in [6.07, 6.45) is 3.29. The van der Waals surface area contributed by atoms with Crippen LogP contribution >= 0.6 is 0 Å². The van der Waals surface area contributed by atoms with Crippen LogP contribution in [0.3, 0.4) is 0 Å². The average Bonchev–Trinajstić information content (AvgIpc) is 3.06. The molecule has 88 valence electrons. The van der Waals surface area contributed by atoms with Gasteiger partial charge in [0.05, 0.1) is 13.2 Å². The maximum absolute atomic E-state index is 11.5. The Kier molecular flexibility index (Phi) is 5.26. The first-order valence-electron chi connectivity index (χ1n) is 5.93. The van der Waals surface area contributed by atoms with Gasteiger partial charge in [-0.15, -0.1) is 0 Å². The Balaban J connectivity index is 2.39. The zero-order valence-corrected chi connectivity index (χ0v) is 10.2. The molecule has 1 aliphatic carbocycles. The molecule has 0 radical (unpaired) electrons. The molecule has 0 saturated heterocycles. The van der Waals surface area contributed by atoms with Crippen molar-refractivity contribution in [1.82, 2.24) is 4.90 Å². The summed E-state index contributed by atoms with van der Waals surface area (Å²) in [6, 6.07) is 0.538. The van der Waals surface area contributed by atoms with Gasteiger partial charge in [0.1, 0.15) is 5.78 Å². The van der Waals surface area contributed by atoms with E-state index < -0.39 is 0 Å². The second-order valence-electron chi connectivity index (χ2n) is 4.43. The number of ketones is 1. The molecule has 1 fully saturated rings. The fourth-order valence-electron chi connectivity index (χ4n) is 1.85. The number of rotatable bonds is 8. The largest absolute Gasteiger partial charge is 0.383 e. The van der Waals surface area contributed by atoms with Crippen molar-refractivity contribution in [2.75, 3.05) is 26.8 Å². The van der Waals surface area contributed by atoms with Crippen LogP contribution in [0.5, 0.6) is 0 Å². The van der Waals surface area contributed by atoms with Crippen LogP contribution in [0.4, 0.5) is 0 Å². The van der Waals surface area contributed by atoms with Gasteiger partial charge < -0.3 is 4.74 Å². The van der Waals surface area contributed by atoms with Gasteiger partial charge in [-0.1, -0.05) is 6.92 Å². The summed E-state index contributed by atoms with van der Waals surface area (Å²) < 4.78 is 5.08. The van der Waals surface area contributed by atoms with E-state index in [1.54, 1.807) is 7.11 Å². The molecule has 0 N–H and O–H groups in total. The molecule has 1 rings (SSSR count). The molecule has 1 unspecified atom stereocenters. The molecule has 0 bridgehead atoms. The molecule has 1 aliphatic rings. The van der Waals surface area contributed by atoms with Crippen molar-refractivity contribution in [2.45, 2.75) is 39.2 Å². The highest BCUT2D eigenvalue weighted by atomic mass is 16.5.